The number of amides is 1. The number of ether oxygens (including phenoxy) is 1. The number of carboxylic acid groups (broad SMARTS) is 1. The summed E-state index contributed by atoms with van der Waals surface area (Å²) in [6.07, 6.45) is 0.197. The molecule has 0 saturated carbocycles. The Bertz CT molecular complexity index is 1410. The minimum atomic E-state index is -1.10. The second-order valence-corrected chi connectivity index (χ2v) is 11.1. The summed E-state index contributed by atoms with van der Waals surface area (Å²) in [6.45, 7) is 1.12. The number of β-amino-alcohol motifs (C(OH)–C–C–N with tert-alkyl or cyclic N) is 1. The highest BCUT2D eigenvalue weighted by atomic mass is 35.5. The van der Waals surface area contributed by atoms with Gasteiger partial charge in [0.25, 0.3) is 5.91 Å². The lowest BCUT2D eigenvalue weighted by Gasteiger charge is -2.32. The molecule has 2 aromatic carbocycles. The normalized spacial score (nSPS) is 18.6. The van der Waals surface area contributed by atoms with Crippen molar-refractivity contribution in [1.82, 2.24) is 10.6 Å². The zero-order valence-electron chi connectivity index (χ0n) is 22.9. The number of halogens is 1. The number of nitriles is 1. The van der Waals surface area contributed by atoms with Crippen molar-refractivity contribution in [2.75, 3.05) is 32.8 Å². The Kier molecular flexibility index (Phi) is 10.2. The molecule has 2 aliphatic heterocycles. The van der Waals surface area contributed by atoms with Crippen LogP contribution in [0.4, 0.5) is 0 Å². The van der Waals surface area contributed by atoms with Gasteiger partial charge in [-0.3, -0.25) is 19.4 Å². The van der Waals surface area contributed by atoms with Gasteiger partial charge in [-0.05, 0) is 59.9 Å². The van der Waals surface area contributed by atoms with E-state index < -0.39 is 35.1 Å². The highest BCUT2D eigenvalue weighted by Crippen LogP contribution is 2.38. The SMILES string of the molecule is N#CC1(c2cc(Cl)cc([C@H](CC(=O)O)CC(=O)CNC(=O)c3cc(O)cc(CC4=NCC(O)CN4)c3)c2)CCOCC1. The molecule has 12 heteroatoms. The number of amidine groups is 1. The Morgan fingerprint density at radius 1 is 1.17 bits per heavy atom. The lowest BCUT2D eigenvalue weighted by molar-refractivity contribution is -0.137. The zero-order valence-corrected chi connectivity index (χ0v) is 23.7. The Balaban J connectivity index is 1.44. The molecule has 2 aliphatic rings. The average molecular weight is 597 g/mol. The maximum absolute atomic E-state index is 13.0. The Hall–Kier alpha value is -3.98. The van der Waals surface area contributed by atoms with Crippen LogP contribution in [-0.2, 0) is 26.2 Å². The van der Waals surface area contributed by atoms with E-state index in [2.05, 4.69) is 21.7 Å². The fraction of sp³-hybridized carbons (Fsp3) is 0.433. The maximum Gasteiger partial charge on any atom is 0.303 e. The molecule has 0 bridgehead atoms. The van der Waals surface area contributed by atoms with Crippen LogP contribution in [0, 0.1) is 11.3 Å². The lowest BCUT2D eigenvalue weighted by atomic mass is 9.74. The molecule has 0 spiro atoms. The van der Waals surface area contributed by atoms with Gasteiger partial charge in [-0.15, -0.1) is 0 Å². The molecule has 11 nitrogen and oxygen atoms in total. The van der Waals surface area contributed by atoms with Crippen LogP contribution in [0.25, 0.3) is 0 Å². The number of hydrogen-bond acceptors (Lipinski definition) is 9. The molecule has 222 valence electrons. The first-order valence-electron chi connectivity index (χ1n) is 13.7. The van der Waals surface area contributed by atoms with E-state index in [0.29, 0.717) is 66.6 Å². The topological polar surface area (TPSA) is 181 Å². The van der Waals surface area contributed by atoms with Crippen molar-refractivity contribution < 1.29 is 34.4 Å². The fourth-order valence-corrected chi connectivity index (χ4v) is 5.49. The van der Waals surface area contributed by atoms with Crippen molar-refractivity contribution in [3.8, 4) is 11.8 Å². The standard InChI is InChI=1S/C30H33ClN4O7/c31-23-9-19(8-22(13-23)30(17-32)1-3-42-4-2-30)20(12-28(39)40)10-25(37)14-35-29(41)21-5-18(6-24(36)11-21)7-27-33-15-26(38)16-34-27/h5-6,8-9,11,13,20,26,36,38H,1-4,7,10,12,14-16H2,(H,33,34)(H,35,41)(H,39,40)/t20-/m0/s1. The summed E-state index contributed by atoms with van der Waals surface area (Å²) in [5.41, 5.74) is 1.15. The predicted molar refractivity (Wildman–Crippen MR) is 154 cm³/mol. The first-order chi connectivity index (χ1) is 20.1. The largest absolute Gasteiger partial charge is 0.508 e. The van der Waals surface area contributed by atoms with Gasteiger partial charge in [-0.25, -0.2) is 0 Å². The molecule has 0 aliphatic carbocycles. The molecule has 0 radical (unpaired) electrons. The summed E-state index contributed by atoms with van der Waals surface area (Å²) >= 11 is 6.40. The van der Waals surface area contributed by atoms with Crippen LogP contribution in [0.2, 0.25) is 5.02 Å². The van der Waals surface area contributed by atoms with Gasteiger partial charge in [0.15, 0.2) is 5.78 Å². The van der Waals surface area contributed by atoms with E-state index in [0.717, 1.165) is 0 Å². The number of nitrogens with zero attached hydrogens (tertiary/aromatic N) is 2. The molecule has 1 amide bonds. The third-order valence-corrected chi connectivity index (χ3v) is 7.71. The van der Waals surface area contributed by atoms with Gasteiger partial charge in [0.2, 0.25) is 0 Å². The van der Waals surface area contributed by atoms with E-state index in [4.69, 9.17) is 16.3 Å². The summed E-state index contributed by atoms with van der Waals surface area (Å²) in [5.74, 6) is -2.30. The average Bonchev–Trinajstić information content (AvgIpc) is 2.96. The highest BCUT2D eigenvalue weighted by Gasteiger charge is 2.35. The fourth-order valence-electron chi connectivity index (χ4n) is 5.25. The van der Waals surface area contributed by atoms with Crippen molar-refractivity contribution in [2.45, 2.75) is 49.5 Å². The minimum Gasteiger partial charge on any atom is -0.508 e. The molecule has 1 saturated heterocycles. The van der Waals surface area contributed by atoms with Crippen LogP contribution >= 0.6 is 11.6 Å². The van der Waals surface area contributed by atoms with Gasteiger partial charge in [-0.2, -0.15) is 5.26 Å². The maximum atomic E-state index is 13.0. The second kappa shape index (κ2) is 13.8. The number of aromatic hydroxyl groups is 1. The molecule has 2 heterocycles. The molecule has 2 atom stereocenters. The summed E-state index contributed by atoms with van der Waals surface area (Å²) in [4.78, 5) is 41.7. The summed E-state index contributed by atoms with van der Waals surface area (Å²) in [6, 6.07) is 11.8. The number of ketones is 1. The molecule has 2 aromatic rings. The number of Topliss-reactive ketones (excluding diaryl/α,β-unsaturated/α-hetero) is 1. The Morgan fingerprint density at radius 2 is 1.93 bits per heavy atom. The first kappa shape index (κ1) is 31.0. The van der Waals surface area contributed by atoms with Crippen LogP contribution in [0.1, 0.15) is 58.6 Å². The van der Waals surface area contributed by atoms with Gasteiger partial charge >= 0.3 is 5.97 Å². The number of aliphatic hydroxyl groups is 1. The highest BCUT2D eigenvalue weighted by molar-refractivity contribution is 6.30. The number of aliphatic carboxylic acids is 1. The number of nitrogens with one attached hydrogen (secondary N) is 2. The first-order valence-corrected chi connectivity index (χ1v) is 14.0. The number of carbonyl (C=O) groups excluding carboxylic acids is 2. The number of aliphatic imine (C=N–C) groups is 1. The van der Waals surface area contributed by atoms with E-state index in [1.807, 2.05) is 0 Å². The molecular formula is C30H33ClN4O7. The minimum absolute atomic E-state index is 0.127. The number of hydrogen-bond donors (Lipinski definition) is 5. The Morgan fingerprint density at radius 3 is 2.60 bits per heavy atom. The van der Waals surface area contributed by atoms with Gasteiger partial charge in [-0.1, -0.05) is 17.7 Å². The summed E-state index contributed by atoms with van der Waals surface area (Å²) < 4.78 is 5.42. The molecule has 1 fully saturated rings. The van der Waals surface area contributed by atoms with Gasteiger partial charge in [0.05, 0.1) is 37.1 Å². The van der Waals surface area contributed by atoms with Crippen molar-refractivity contribution in [1.29, 1.82) is 5.26 Å². The van der Waals surface area contributed by atoms with Crippen molar-refractivity contribution in [3.05, 3.63) is 63.7 Å². The summed E-state index contributed by atoms with van der Waals surface area (Å²) in [5, 5.41) is 45.2. The molecule has 42 heavy (non-hydrogen) atoms. The molecule has 0 aromatic heterocycles. The molecule has 4 rings (SSSR count). The van der Waals surface area contributed by atoms with Crippen LogP contribution in [0.15, 0.2) is 41.4 Å². The third-order valence-electron chi connectivity index (χ3n) is 7.49. The van der Waals surface area contributed by atoms with Gasteiger partial charge < -0.3 is 30.7 Å². The lowest BCUT2D eigenvalue weighted by Crippen LogP contribution is -2.39. The van der Waals surface area contributed by atoms with E-state index in [1.165, 1.54) is 12.1 Å². The van der Waals surface area contributed by atoms with E-state index in [9.17, 15) is 35.0 Å². The molecular weight excluding hydrogens is 564 g/mol. The van der Waals surface area contributed by atoms with Gasteiger partial charge in [0.1, 0.15) is 11.6 Å². The van der Waals surface area contributed by atoms with Crippen molar-refractivity contribution in [3.63, 3.8) is 0 Å². The monoisotopic (exact) mass is 596 g/mol. The molecule has 1 unspecified atom stereocenters. The number of phenols is 1. The van der Waals surface area contributed by atoms with Crippen LogP contribution in [0.5, 0.6) is 5.75 Å². The number of rotatable bonds is 11. The van der Waals surface area contributed by atoms with Crippen molar-refractivity contribution in [2.24, 2.45) is 4.99 Å². The quantitative estimate of drug-likeness (QED) is 0.260. The summed E-state index contributed by atoms with van der Waals surface area (Å²) in [7, 11) is 0. The second-order valence-electron chi connectivity index (χ2n) is 10.7. The zero-order chi connectivity index (χ0) is 30.3. The number of phenolic OH excluding ortho intramolecular Hbond substituents is 1. The van der Waals surface area contributed by atoms with Crippen LogP contribution < -0.4 is 10.6 Å². The number of benzene rings is 2. The van der Waals surface area contributed by atoms with Crippen LogP contribution in [-0.4, -0.2) is 77.8 Å². The van der Waals surface area contributed by atoms with E-state index >= 15 is 0 Å². The van der Waals surface area contributed by atoms with Gasteiger partial charge in [0, 0.05) is 49.1 Å². The Labute approximate surface area is 248 Å². The number of carbonyl (C=O) groups is 3. The van der Waals surface area contributed by atoms with E-state index in [-0.39, 0.29) is 37.2 Å². The number of carboxylic acids is 1. The third kappa shape index (κ3) is 8.06. The smallest absolute Gasteiger partial charge is 0.303 e. The van der Waals surface area contributed by atoms with Crippen molar-refractivity contribution >= 4 is 35.1 Å². The number of aliphatic hydroxyl groups excluding tert-OH is 1. The predicted octanol–water partition coefficient (Wildman–Crippen LogP) is 2.47. The molecule has 5 N–H and O–H groups in total. The van der Waals surface area contributed by atoms with E-state index in [1.54, 1.807) is 24.3 Å². The van der Waals surface area contributed by atoms with Crippen LogP contribution in [0.3, 0.4) is 0 Å².